The summed E-state index contributed by atoms with van der Waals surface area (Å²) in [6.07, 6.45) is -4.60. The molecular formula is C43H43N4O17-7. The summed E-state index contributed by atoms with van der Waals surface area (Å²) in [7, 11) is 0. The number of esters is 1. The molecule has 2 saturated heterocycles. The molecule has 64 heavy (non-hydrogen) atoms. The summed E-state index contributed by atoms with van der Waals surface area (Å²) in [6, 6.07) is 0. The van der Waals surface area contributed by atoms with Gasteiger partial charge in [0.25, 0.3) is 0 Å². The van der Waals surface area contributed by atoms with Crippen molar-refractivity contribution in [3.8, 4) is 0 Å². The zero-order valence-electron chi connectivity index (χ0n) is 34.9. The molecule has 0 saturated carbocycles. The molecular weight excluding hydrogens is 844 g/mol. The number of hydrogen-bond donors (Lipinski definition) is 4. The number of nitrogens with one attached hydrogen (secondary N) is 3. The van der Waals surface area contributed by atoms with Crippen LogP contribution in [-0.2, 0) is 80.8 Å². The van der Waals surface area contributed by atoms with Crippen molar-refractivity contribution < 1.29 is 83.9 Å². The molecule has 0 radical (unpaired) electrons. The van der Waals surface area contributed by atoms with E-state index < -0.39 is 140 Å². The number of aliphatic imine (C=N–C) groups is 1. The van der Waals surface area contributed by atoms with Crippen LogP contribution in [0.15, 0.2) is 22.5 Å². The third-order valence-electron chi connectivity index (χ3n) is 13.3. The molecule has 6 heterocycles. The van der Waals surface area contributed by atoms with Crippen LogP contribution in [0.25, 0.3) is 6.08 Å². The van der Waals surface area contributed by atoms with Gasteiger partial charge in [0, 0.05) is 112 Å². The van der Waals surface area contributed by atoms with Crippen molar-refractivity contribution in [3.63, 3.8) is 0 Å². The number of hydrogen-bond acceptors (Lipinski definition) is 19. The number of aliphatic carboxylic acids is 7. The zero-order chi connectivity index (χ0) is 47.3. The lowest BCUT2D eigenvalue weighted by atomic mass is 9.62. The van der Waals surface area contributed by atoms with Crippen LogP contribution in [0.5, 0.6) is 0 Å². The first-order chi connectivity index (χ1) is 29.8. The highest BCUT2D eigenvalue weighted by Gasteiger charge is 2.74. The van der Waals surface area contributed by atoms with E-state index in [-0.39, 0.29) is 87.8 Å². The quantitative estimate of drug-likeness (QED) is 0.101. The largest absolute Gasteiger partial charge is 0.550 e. The van der Waals surface area contributed by atoms with Crippen molar-refractivity contribution in [3.05, 3.63) is 62.5 Å². The summed E-state index contributed by atoms with van der Waals surface area (Å²) in [6.45, 7) is 4.12. The minimum atomic E-state index is -2.61. The molecule has 21 heteroatoms. The molecule has 8 bridgehead atoms. The molecule has 0 aliphatic carbocycles. The zero-order valence-corrected chi connectivity index (χ0v) is 34.9. The van der Waals surface area contributed by atoms with Crippen LogP contribution in [0, 0.1) is 22.7 Å². The number of aliphatic hydroxyl groups is 1. The van der Waals surface area contributed by atoms with Crippen molar-refractivity contribution in [2.75, 3.05) is 0 Å². The molecule has 21 nitrogen and oxygen atoms in total. The minimum absolute atomic E-state index is 0.0103. The maximum atomic E-state index is 13.5. The van der Waals surface area contributed by atoms with Crippen LogP contribution in [0.4, 0.5) is 0 Å². The molecule has 2 aromatic heterocycles. The fourth-order valence-corrected chi connectivity index (χ4v) is 10.5. The molecule has 4 aliphatic rings. The van der Waals surface area contributed by atoms with Gasteiger partial charge in [0.15, 0.2) is 5.60 Å². The molecule has 4 aliphatic heterocycles. The summed E-state index contributed by atoms with van der Waals surface area (Å²) in [4.78, 5) is 110. The number of carbonyl (C=O) groups excluding carboxylic acids is 8. The summed E-state index contributed by atoms with van der Waals surface area (Å²) >= 11 is 0. The predicted molar refractivity (Wildman–Crippen MR) is 199 cm³/mol. The van der Waals surface area contributed by atoms with Crippen LogP contribution in [0.1, 0.15) is 117 Å². The average Bonchev–Trinajstić information content (AvgIpc) is 3.87. The topological polar surface area (TPSA) is 383 Å². The van der Waals surface area contributed by atoms with Gasteiger partial charge in [-0.15, -0.1) is 0 Å². The second-order valence-corrected chi connectivity index (χ2v) is 17.4. The molecule has 6 rings (SSSR count). The minimum Gasteiger partial charge on any atom is -0.550 e. The SMILES string of the molecule is C[C@]1(O)c2[nH]c(c(CCC(=O)[O-])c2CC(=O)[O-])Cc2[nH]c(c(CC(=O)[O-])c2CCC(=O)[O-])/C=C2\N/C(=C\C3=N[C@]14OC(=O)C[C@@]4(C)[C@@H]3CCC(=O)[O-])[C@@](C)(CC(=O)[O-])[C@@H]2CCC(=O)[O-]. The van der Waals surface area contributed by atoms with E-state index >= 15 is 0 Å². The summed E-state index contributed by atoms with van der Waals surface area (Å²) in [5.41, 5.74) is -8.47. The van der Waals surface area contributed by atoms with Gasteiger partial charge in [-0.1, -0.05) is 13.8 Å². The lowest BCUT2D eigenvalue weighted by Crippen LogP contribution is -2.57. The van der Waals surface area contributed by atoms with Gasteiger partial charge >= 0.3 is 5.97 Å². The fraction of sp³-hybridized carbons (Fsp3) is 0.512. The van der Waals surface area contributed by atoms with Crippen LogP contribution in [-0.4, -0.2) is 74.3 Å². The van der Waals surface area contributed by atoms with Gasteiger partial charge in [-0.05, 0) is 99.1 Å². The first kappa shape index (κ1) is 46.7. The number of nitrogens with zero attached hydrogens (tertiary/aromatic N) is 1. The lowest BCUT2D eigenvalue weighted by Gasteiger charge is -2.45. The van der Waals surface area contributed by atoms with Gasteiger partial charge in [-0.3, -0.25) is 4.79 Å². The van der Waals surface area contributed by atoms with Crippen molar-refractivity contribution >= 4 is 59.5 Å². The first-order valence-electron chi connectivity index (χ1n) is 20.4. The van der Waals surface area contributed by atoms with Crippen molar-refractivity contribution in [2.24, 2.45) is 27.7 Å². The smallest absolute Gasteiger partial charge is 0.308 e. The van der Waals surface area contributed by atoms with Crippen LogP contribution >= 0.6 is 0 Å². The second kappa shape index (κ2) is 17.1. The molecule has 2 fully saturated rings. The number of H-pyrrole nitrogens is 2. The van der Waals surface area contributed by atoms with Crippen molar-refractivity contribution in [1.29, 1.82) is 0 Å². The normalized spacial score (nSPS) is 28.4. The predicted octanol–water partition coefficient (Wildman–Crippen LogP) is -6.52. The van der Waals surface area contributed by atoms with Gasteiger partial charge in [0.05, 0.1) is 17.5 Å². The number of fused-ring (bicyclic) bond motifs is 6. The van der Waals surface area contributed by atoms with E-state index in [9.17, 15) is 79.2 Å². The van der Waals surface area contributed by atoms with Gasteiger partial charge < -0.3 is 94.4 Å². The Labute approximate surface area is 363 Å². The van der Waals surface area contributed by atoms with E-state index in [0.29, 0.717) is 0 Å². The van der Waals surface area contributed by atoms with Crippen LogP contribution < -0.4 is 41.1 Å². The number of aromatic amines is 2. The summed E-state index contributed by atoms with van der Waals surface area (Å²) in [5, 5.41) is 101. The Morgan fingerprint density at radius 1 is 0.703 bits per heavy atom. The van der Waals surface area contributed by atoms with Crippen LogP contribution in [0.2, 0.25) is 0 Å². The molecule has 6 atom stereocenters. The molecule has 2 aromatic rings. The molecule has 0 amide bonds. The highest BCUT2D eigenvalue weighted by molar-refractivity contribution is 6.02. The van der Waals surface area contributed by atoms with Gasteiger partial charge in [-0.2, -0.15) is 0 Å². The number of carbonyl (C=O) groups is 8. The van der Waals surface area contributed by atoms with E-state index in [0.717, 1.165) is 6.92 Å². The van der Waals surface area contributed by atoms with E-state index in [4.69, 9.17) is 9.73 Å². The Balaban J connectivity index is 1.79. The van der Waals surface area contributed by atoms with Crippen LogP contribution in [0.3, 0.4) is 0 Å². The molecule has 344 valence electrons. The number of carboxylic acids is 7. The number of aromatic nitrogens is 2. The highest BCUT2D eigenvalue weighted by Crippen LogP contribution is 2.64. The van der Waals surface area contributed by atoms with E-state index in [2.05, 4.69) is 15.3 Å². The first-order valence-corrected chi connectivity index (χ1v) is 20.4. The third-order valence-corrected chi connectivity index (χ3v) is 13.3. The Kier molecular flexibility index (Phi) is 12.5. The molecule has 4 N–H and O–H groups in total. The van der Waals surface area contributed by atoms with Gasteiger partial charge in [0.2, 0.25) is 5.72 Å². The second-order valence-electron chi connectivity index (χ2n) is 17.4. The fourth-order valence-electron chi connectivity index (χ4n) is 10.5. The van der Waals surface area contributed by atoms with Crippen molar-refractivity contribution in [2.45, 2.75) is 116 Å². The maximum Gasteiger partial charge on any atom is 0.308 e. The number of ether oxygens (including phenoxy) is 1. The Morgan fingerprint density at radius 2 is 1.23 bits per heavy atom. The Hall–Kier alpha value is -6.77. The Bertz CT molecular complexity index is 2450. The summed E-state index contributed by atoms with van der Waals surface area (Å²) < 4.78 is 6.01. The van der Waals surface area contributed by atoms with Crippen molar-refractivity contribution in [1.82, 2.24) is 15.3 Å². The third kappa shape index (κ3) is 8.38. The van der Waals surface area contributed by atoms with Gasteiger partial charge in [-0.25, -0.2) is 4.99 Å². The lowest BCUT2D eigenvalue weighted by molar-refractivity contribution is -0.309. The number of carboxylic acid groups (broad SMARTS) is 7. The highest BCUT2D eigenvalue weighted by atomic mass is 16.6. The maximum absolute atomic E-state index is 13.5. The average molecular weight is 888 g/mol. The number of allylic oxidation sites excluding steroid dienone is 3. The van der Waals surface area contributed by atoms with E-state index in [1.54, 1.807) is 0 Å². The Morgan fingerprint density at radius 3 is 1.78 bits per heavy atom. The summed E-state index contributed by atoms with van der Waals surface area (Å²) in [5.74, 6) is -14.0. The number of rotatable bonds is 18. The van der Waals surface area contributed by atoms with E-state index in [1.807, 2.05) is 0 Å². The monoisotopic (exact) mass is 887 g/mol. The molecule has 0 unspecified atom stereocenters. The standard InChI is InChI=1S/C43H50N4O17/c1-40(17-37(60)61)23(6-10-33(52)53)28-15-27-21(12-35(56)57)19(4-8-31(48)49)25(44-27)14-26-20(5-9-32(50)51)22(13-36(58)59)39(46-26)42(3,63)43-41(2,18-38(62)64-43)24(7-11-34(54)55)29(47-43)16-30(40)45-28/h15-16,23-24,44-46,63H,4-14,17-18H2,1-3H3,(H,48,49)(H,50,51)(H,52,53)(H,54,55)(H,56,57)(H,58,59)(H,60,61)/p-7/b28-15-,30-16-/t23-,24-,40+,41+,42+,43-/m1/s1. The molecule has 0 aromatic carbocycles. The van der Waals surface area contributed by atoms with Gasteiger partial charge in [0.1, 0.15) is 0 Å². The van der Waals surface area contributed by atoms with E-state index in [1.165, 1.54) is 26.0 Å². The molecule has 1 spiro atoms.